The minimum Gasteiger partial charge on any atom is -0.285 e. The van der Waals surface area contributed by atoms with Crippen molar-refractivity contribution in [2.45, 2.75) is 0 Å². The lowest BCUT2D eigenvalue weighted by atomic mass is 10.2. The Labute approximate surface area is 74.3 Å². The Hall–Kier alpha value is -1.29. The molecule has 61 valence electrons. The van der Waals surface area contributed by atoms with Gasteiger partial charge in [-0.1, -0.05) is 30.3 Å². The highest BCUT2D eigenvalue weighted by Crippen LogP contribution is 2.07. The van der Waals surface area contributed by atoms with E-state index in [0.29, 0.717) is 17.5 Å². The van der Waals surface area contributed by atoms with Gasteiger partial charge in [0.2, 0.25) is 5.12 Å². The fourth-order valence-electron chi connectivity index (χ4n) is 0.700. The zero-order valence-electron chi connectivity index (χ0n) is 6.11. The summed E-state index contributed by atoms with van der Waals surface area (Å²) in [6.07, 6.45) is 1.41. The molecular weight excluding hydrogens is 174 g/mol. The van der Waals surface area contributed by atoms with Gasteiger partial charge < -0.3 is 0 Å². The second-order valence-corrected chi connectivity index (χ2v) is 2.74. The van der Waals surface area contributed by atoms with Gasteiger partial charge in [0.15, 0.2) is 0 Å². The summed E-state index contributed by atoms with van der Waals surface area (Å²) in [5.74, 6) is 0. The highest BCUT2D eigenvalue weighted by atomic mass is 32.2. The van der Waals surface area contributed by atoms with Gasteiger partial charge in [-0.15, -0.1) is 0 Å². The fourth-order valence-corrected chi connectivity index (χ4v) is 1.09. The summed E-state index contributed by atoms with van der Waals surface area (Å²) in [5, 5.41) is -0.195. The van der Waals surface area contributed by atoms with Crippen molar-refractivity contribution in [1.82, 2.24) is 4.72 Å². The van der Waals surface area contributed by atoms with Gasteiger partial charge in [0.25, 0.3) is 0 Å². The quantitative estimate of drug-likeness (QED) is 0.560. The minimum atomic E-state index is -0.195. The van der Waals surface area contributed by atoms with Crippen molar-refractivity contribution in [2.24, 2.45) is 0 Å². The smallest absolute Gasteiger partial charge is 0.285 e. The molecule has 1 radical (unpaired) electrons. The number of carbonyl (C=O) groups excluding carboxylic acids is 2. The minimum absolute atomic E-state index is 0.195. The molecular formula is C8H6NO2S. The third-order valence-electron chi connectivity index (χ3n) is 1.19. The van der Waals surface area contributed by atoms with Crippen LogP contribution in [0.25, 0.3) is 0 Å². The van der Waals surface area contributed by atoms with Crippen molar-refractivity contribution in [3.05, 3.63) is 35.9 Å². The van der Waals surface area contributed by atoms with Gasteiger partial charge in [0.05, 0.1) is 0 Å². The van der Waals surface area contributed by atoms with E-state index in [1.54, 1.807) is 24.3 Å². The van der Waals surface area contributed by atoms with Gasteiger partial charge in [0, 0.05) is 17.5 Å². The first kappa shape index (κ1) is 8.80. The van der Waals surface area contributed by atoms with E-state index in [4.69, 9.17) is 0 Å². The first-order valence-electron chi connectivity index (χ1n) is 3.23. The molecule has 1 rings (SSSR count). The molecule has 0 fully saturated rings. The number of benzene rings is 1. The maximum absolute atomic E-state index is 11.1. The van der Waals surface area contributed by atoms with Crippen LogP contribution in [0.15, 0.2) is 30.3 Å². The monoisotopic (exact) mass is 180 g/mol. The van der Waals surface area contributed by atoms with Crippen LogP contribution in [-0.4, -0.2) is 11.5 Å². The number of hydrogen-bond donors (Lipinski definition) is 1. The van der Waals surface area contributed by atoms with Crippen LogP contribution in [0.4, 0.5) is 0 Å². The van der Waals surface area contributed by atoms with Crippen molar-refractivity contribution in [3.8, 4) is 0 Å². The van der Waals surface area contributed by atoms with Crippen LogP contribution in [0.2, 0.25) is 0 Å². The van der Waals surface area contributed by atoms with Crippen LogP contribution in [0.1, 0.15) is 10.4 Å². The molecule has 0 saturated heterocycles. The molecule has 0 bridgehead atoms. The topological polar surface area (TPSA) is 46.2 Å². The van der Waals surface area contributed by atoms with Gasteiger partial charge >= 0.3 is 6.41 Å². The Balaban J connectivity index is 2.59. The van der Waals surface area contributed by atoms with Crippen molar-refractivity contribution in [3.63, 3.8) is 0 Å². The zero-order chi connectivity index (χ0) is 8.81. The normalized spacial score (nSPS) is 9.00. The second kappa shape index (κ2) is 4.56. The summed E-state index contributed by atoms with van der Waals surface area (Å²) >= 11 is 0.717. The van der Waals surface area contributed by atoms with Crippen molar-refractivity contribution >= 4 is 23.5 Å². The van der Waals surface area contributed by atoms with E-state index in [-0.39, 0.29) is 5.12 Å². The molecule has 0 unspecified atom stereocenters. The Morgan fingerprint density at radius 3 is 2.58 bits per heavy atom. The average molecular weight is 180 g/mol. The van der Waals surface area contributed by atoms with Gasteiger partial charge in [-0.2, -0.15) is 0 Å². The molecule has 1 aromatic carbocycles. The SMILES string of the molecule is O=[C]NSC(=O)c1ccccc1. The molecule has 0 spiro atoms. The van der Waals surface area contributed by atoms with E-state index < -0.39 is 0 Å². The van der Waals surface area contributed by atoms with Gasteiger partial charge in [-0.3, -0.25) is 14.3 Å². The lowest BCUT2D eigenvalue weighted by Crippen LogP contribution is -2.04. The lowest BCUT2D eigenvalue weighted by Gasteiger charge is -1.95. The molecule has 3 nitrogen and oxygen atoms in total. The Kier molecular flexibility index (Phi) is 3.35. The number of hydrogen-bond acceptors (Lipinski definition) is 3. The third-order valence-corrected chi connectivity index (χ3v) is 1.80. The third kappa shape index (κ3) is 2.39. The summed E-state index contributed by atoms with van der Waals surface area (Å²) in [7, 11) is 0. The van der Waals surface area contributed by atoms with E-state index in [2.05, 4.69) is 4.72 Å². The first-order valence-corrected chi connectivity index (χ1v) is 4.04. The van der Waals surface area contributed by atoms with Gasteiger partial charge in [-0.25, -0.2) is 0 Å². The molecule has 0 saturated carbocycles. The standard InChI is InChI=1S/C8H6NO2S/c10-6-9-12-8(11)7-4-2-1-3-5-7/h1-5H,(H,9,10). The molecule has 0 atom stereocenters. The predicted molar refractivity (Wildman–Crippen MR) is 47.2 cm³/mol. The molecule has 1 aromatic rings. The largest absolute Gasteiger partial charge is 0.320 e. The second-order valence-electron chi connectivity index (χ2n) is 1.96. The van der Waals surface area contributed by atoms with Crippen molar-refractivity contribution in [2.75, 3.05) is 0 Å². The summed E-state index contributed by atoms with van der Waals surface area (Å²) < 4.78 is 2.11. The molecule has 0 aliphatic rings. The highest BCUT2D eigenvalue weighted by Gasteiger charge is 2.03. The number of carbonyl (C=O) groups is 1. The van der Waals surface area contributed by atoms with Crippen molar-refractivity contribution in [1.29, 1.82) is 0 Å². The van der Waals surface area contributed by atoms with Crippen LogP contribution in [0, 0.1) is 0 Å². The molecule has 0 aliphatic carbocycles. The summed E-state index contributed by atoms with van der Waals surface area (Å²) in [5.41, 5.74) is 0.560. The molecule has 1 amide bonds. The zero-order valence-corrected chi connectivity index (χ0v) is 6.93. The van der Waals surface area contributed by atoms with Crippen LogP contribution >= 0.6 is 11.9 Å². The van der Waals surface area contributed by atoms with E-state index in [9.17, 15) is 9.59 Å². The van der Waals surface area contributed by atoms with Crippen LogP contribution in [-0.2, 0) is 4.79 Å². The lowest BCUT2D eigenvalue weighted by molar-refractivity contribution is 0.108. The Morgan fingerprint density at radius 1 is 1.33 bits per heavy atom. The molecule has 0 aliphatic heterocycles. The Morgan fingerprint density at radius 2 is 2.00 bits per heavy atom. The van der Waals surface area contributed by atoms with E-state index in [1.807, 2.05) is 6.07 Å². The molecule has 0 heterocycles. The number of rotatable bonds is 3. The number of amides is 1. The van der Waals surface area contributed by atoms with Crippen LogP contribution in [0.5, 0.6) is 0 Å². The first-order chi connectivity index (χ1) is 5.84. The van der Waals surface area contributed by atoms with Crippen molar-refractivity contribution < 1.29 is 9.59 Å². The van der Waals surface area contributed by atoms with E-state index >= 15 is 0 Å². The molecule has 0 aromatic heterocycles. The average Bonchev–Trinajstić information content (AvgIpc) is 2.15. The van der Waals surface area contributed by atoms with Crippen LogP contribution in [0.3, 0.4) is 0 Å². The maximum Gasteiger partial charge on any atom is 0.320 e. The Bertz CT molecular complexity index is 274. The molecule has 12 heavy (non-hydrogen) atoms. The maximum atomic E-state index is 11.1. The molecule has 4 heteroatoms. The predicted octanol–water partition coefficient (Wildman–Crippen LogP) is 1.13. The summed E-state index contributed by atoms with van der Waals surface area (Å²) in [4.78, 5) is 20.9. The summed E-state index contributed by atoms with van der Waals surface area (Å²) in [6.45, 7) is 0. The van der Waals surface area contributed by atoms with E-state index in [1.165, 1.54) is 6.41 Å². The fraction of sp³-hybridized carbons (Fsp3) is 0. The van der Waals surface area contributed by atoms with Gasteiger partial charge in [-0.05, 0) is 0 Å². The molecule has 1 N–H and O–H groups in total. The summed E-state index contributed by atoms with van der Waals surface area (Å²) in [6, 6.07) is 8.71. The van der Waals surface area contributed by atoms with E-state index in [0.717, 1.165) is 0 Å². The number of nitrogens with one attached hydrogen (secondary N) is 1. The van der Waals surface area contributed by atoms with Gasteiger partial charge in [0.1, 0.15) is 0 Å². The van der Waals surface area contributed by atoms with Crippen LogP contribution < -0.4 is 4.72 Å². The highest BCUT2D eigenvalue weighted by molar-refractivity contribution is 8.12.